The zero-order chi connectivity index (χ0) is 41.6. The molecule has 2 aliphatic rings. The number of anilines is 2. The van der Waals surface area contributed by atoms with Crippen LogP contribution in [0, 0.1) is 58.6 Å². The number of rotatable bonds is 8. The Bertz CT molecular complexity index is 2740. The Morgan fingerprint density at radius 3 is 1.78 bits per heavy atom. The zero-order valence-electron chi connectivity index (χ0n) is 34.4. The van der Waals surface area contributed by atoms with Crippen LogP contribution in [0.5, 0.6) is 5.75 Å². The Morgan fingerprint density at radius 2 is 1.22 bits per heavy atom. The van der Waals surface area contributed by atoms with Gasteiger partial charge < -0.3 is 0 Å². The molecule has 1 unspecified atom stereocenters. The molecule has 6 aromatic carbocycles. The molecule has 1 heterocycles. The van der Waals surface area contributed by atoms with Crippen LogP contribution < -0.4 is 13.4 Å². The average molecular weight is 888 g/mol. The number of allylic oxidation sites excluding steroid dienone is 1. The molecule has 59 heavy (non-hydrogen) atoms. The van der Waals surface area contributed by atoms with Gasteiger partial charge in [0.1, 0.15) is 0 Å². The summed E-state index contributed by atoms with van der Waals surface area (Å²) in [5.41, 5.74) is 15.7. The van der Waals surface area contributed by atoms with Gasteiger partial charge in [-0.2, -0.15) is 0 Å². The molecule has 8 rings (SSSR count). The zero-order valence-corrected chi connectivity index (χ0v) is 36.9. The van der Waals surface area contributed by atoms with Gasteiger partial charge in [0.05, 0.1) is 0 Å². The molecule has 0 N–H and O–H groups in total. The Hall–Kier alpha value is -5.82. The third kappa shape index (κ3) is 7.64. The first-order valence-electron chi connectivity index (χ1n) is 19.7. The molecule has 6 aromatic rings. The summed E-state index contributed by atoms with van der Waals surface area (Å²) in [5.74, 6) is 0.425. The number of aryl methyl sites for hydroxylation is 7. The SMILES string of the molecule is Cc1ccc(N=Cc2cc([N+](=O)[O-])ccc2[O][Ru-4]([Cl])(=[C]2C=C(c3ccccc3)c3ccccc32)=[C]2N(c3c(C)cc(C)cc3C)CCN2c2c(C)cc(C)cc2C)cc1. The Balaban J connectivity index is 1.52. The van der Waals surface area contributed by atoms with Crippen LogP contribution in [-0.4, -0.2) is 32.7 Å². The van der Waals surface area contributed by atoms with Crippen molar-refractivity contribution in [3.8, 4) is 5.75 Å². The van der Waals surface area contributed by atoms with Crippen molar-refractivity contribution >= 4 is 52.7 Å². The third-order valence-electron chi connectivity index (χ3n) is 10.8. The van der Waals surface area contributed by atoms with E-state index in [1.54, 1.807) is 12.3 Å². The molecular formula is C50H47ClN4O3Ru-4. The predicted octanol–water partition coefficient (Wildman–Crippen LogP) is 11.9. The summed E-state index contributed by atoms with van der Waals surface area (Å²) >= 11 is -4.52. The molecule has 0 spiro atoms. The standard InChI is InChI=1S/C21H26N2.C15H10.C14H12N2O3.ClH.Ru/c1-14-9-16(3)20(17(4)10-14)22-7-8-23(13-22)21-18(5)11-15(2)12-19(21)6;1-2-6-12(7-3-1)15-11-10-13-8-4-5-9-14(13)15;1-10-2-4-12(5-3-10)15-9-11-8-13(16(18)19)6-7-14(11)17;;/h9-12H,7-8H2,1-6H3;1-9,11H;2-9,17H,1H3;1H;/q;;;;-2/p-2. The fourth-order valence-corrected chi connectivity index (χ4v) is 15.5. The molecule has 0 amide bonds. The van der Waals surface area contributed by atoms with Crippen LogP contribution in [0.25, 0.3) is 5.57 Å². The van der Waals surface area contributed by atoms with Crippen LogP contribution >= 0.6 is 9.69 Å². The summed E-state index contributed by atoms with van der Waals surface area (Å²) in [6, 6.07) is 40.3. The second kappa shape index (κ2) is 16.1. The van der Waals surface area contributed by atoms with Crippen molar-refractivity contribution in [2.24, 2.45) is 4.99 Å². The van der Waals surface area contributed by atoms with E-state index in [2.05, 4.69) is 130 Å². The van der Waals surface area contributed by atoms with Crippen LogP contribution in [-0.2, 0) is 13.2 Å². The summed E-state index contributed by atoms with van der Waals surface area (Å²) in [7, 11) is 8.70. The number of hydrogen-bond acceptors (Lipinski definition) is 6. The number of hydrogen-bond donors (Lipinski definition) is 0. The Labute approximate surface area is 353 Å². The number of fused-ring (bicyclic) bond motifs is 1. The number of nitrogens with zero attached hydrogens (tertiary/aromatic N) is 4. The molecule has 0 radical (unpaired) electrons. The molecule has 1 saturated heterocycles. The number of nitro groups is 1. The fraction of sp³-hybridized carbons (Fsp3) is 0.180. The number of non-ortho nitro benzene ring substituents is 1. The van der Waals surface area contributed by atoms with Crippen molar-refractivity contribution in [1.82, 2.24) is 0 Å². The quantitative estimate of drug-likeness (QED) is 0.0659. The van der Waals surface area contributed by atoms with Crippen LogP contribution in [0.2, 0.25) is 0 Å². The fourth-order valence-electron chi connectivity index (χ4n) is 8.47. The summed E-state index contributed by atoms with van der Waals surface area (Å²) in [4.78, 5) is 21.4. The van der Waals surface area contributed by atoms with E-state index in [9.17, 15) is 10.1 Å². The van der Waals surface area contributed by atoms with Gasteiger partial charge in [-0.3, -0.25) is 0 Å². The Morgan fingerprint density at radius 1 is 0.678 bits per heavy atom. The normalized spacial score (nSPS) is 15.4. The number of halogens is 1. The summed E-state index contributed by atoms with van der Waals surface area (Å²) < 4.78 is 9.44. The second-order valence-electron chi connectivity index (χ2n) is 15.4. The molecule has 0 bridgehead atoms. The van der Waals surface area contributed by atoms with Crippen LogP contribution in [0.1, 0.15) is 61.2 Å². The minimum atomic E-state index is -4.52. The summed E-state index contributed by atoms with van der Waals surface area (Å²) in [6.45, 7) is 16.3. The van der Waals surface area contributed by atoms with E-state index in [0.29, 0.717) is 24.4 Å². The van der Waals surface area contributed by atoms with Crippen LogP contribution in [0.3, 0.4) is 0 Å². The van der Waals surface area contributed by atoms with Crippen molar-refractivity contribution in [3.05, 3.63) is 199 Å². The van der Waals surface area contributed by atoms with Gasteiger partial charge >= 0.3 is 355 Å². The molecule has 0 aromatic heterocycles. The van der Waals surface area contributed by atoms with Gasteiger partial charge in [-0.15, -0.1) is 0 Å². The topological polar surface area (TPSA) is 71.2 Å². The summed E-state index contributed by atoms with van der Waals surface area (Å²) in [5, 5.41) is 12.2. The van der Waals surface area contributed by atoms with E-state index in [4.69, 9.17) is 18.2 Å². The third-order valence-corrected chi connectivity index (χ3v) is 17.4. The van der Waals surface area contributed by atoms with Crippen molar-refractivity contribution in [1.29, 1.82) is 0 Å². The van der Waals surface area contributed by atoms with Crippen LogP contribution in [0.15, 0.2) is 132 Å². The van der Waals surface area contributed by atoms with Gasteiger partial charge in [0.2, 0.25) is 0 Å². The molecule has 1 aliphatic heterocycles. The van der Waals surface area contributed by atoms with Gasteiger partial charge in [-0.05, 0) is 0 Å². The molecule has 9 heteroatoms. The van der Waals surface area contributed by atoms with Crippen molar-refractivity contribution < 1.29 is 21.7 Å². The van der Waals surface area contributed by atoms with Gasteiger partial charge in [-0.25, -0.2) is 0 Å². The van der Waals surface area contributed by atoms with Gasteiger partial charge in [0.25, 0.3) is 0 Å². The number of aliphatic imine (C=N–C) groups is 1. The molecule has 0 saturated carbocycles. The molecule has 1 atom stereocenters. The van der Waals surface area contributed by atoms with E-state index < -0.39 is 18.2 Å². The van der Waals surface area contributed by atoms with E-state index in [1.165, 1.54) is 23.3 Å². The summed E-state index contributed by atoms with van der Waals surface area (Å²) in [6.07, 6.45) is 3.88. The molecular weight excluding hydrogens is 841 g/mol. The van der Waals surface area contributed by atoms with E-state index in [-0.39, 0.29) is 5.69 Å². The van der Waals surface area contributed by atoms with E-state index >= 15 is 0 Å². The van der Waals surface area contributed by atoms with E-state index in [0.717, 1.165) is 75.6 Å². The number of benzene rings is 6. The van der Waals surface area contributed by atoms with Crippen molar-refractivity contribution in [2.45, 2.75) is 48.5 Å². The first kappa shape index (κ1) is 40.0. The molecule has 304 valence electrons. The maximum absolute atomic E-state index is 12.2. The maximum atomic E-state index is 12.2. The molecule has 1 aliphatic carbocycles. The van der Waals surface area contributed by atoms with Crippen LogP contribution in [0.4, 0.5) is 22.7 Å². The van der Waals surface area contributed by atoms with Crippen molar-refractivity contribution in [2.75, 3.05) is 22.9 Å². The van der Waals surface area contributed by atoms with Gasteiger partial charge in [0.15, 0.2) is 0 Å². The minimum absolute atomic E-state index is 0.0630. The first-order chi connectivity index (χ1) is 28.3. The second-order valence-corrected chi connectivity index (χ2v) is 21.8. The molecule has 7 nitrogen and oxygen atoms in total. The first-order valence-corrected chi connectivity index (χ1v) is 24.3. The van der Waals surface area contributed by atoms with Gasteiger partial charge in [0, 0.05) is 0 Å². The molecule has 1 fully saturated rings. The number of nitro benzene ring substituents is 1. The Kier molecular flexibility index (Phi) is 10.9. The average Bonchev–Trinajstić information content (AvgIpc) is 3.81. The predicted molar refractivity (Wildman–Crippen MR) is 243 cm³/mol. The van der Waals surface area contributed by atoms with Crippen molar-refractivity contribution in [3.63, 3.8) is 0 Å². The monoisotopic (exact) mass is 888 g/mol. The van der Waals surface area contributed by atoms with Gasteiger partial charge in [-0.1, -0.05) is 0 Å². The van der Waals surface area contributed by atoms with E-state index in [1.807, 2.05) is 37.3 Å².